The summed E-state index contributed by atoms with van der Waals surface area (Å²) in [5, 5.41) is 2.80. The lowest BCUT2D eigenvalue weighted by atomic mass is 9.87. The van der Waals surface area contributed by atoms with Crippen LogP contribution < -0.4 is 11.1 Å². The molecule has 2 aliphatic rings. The molecule has 0 aromatic rings. The summed E-state index contributed by atoms with van der Waals surface area (Å²) >= 11 is 0. The van der Waals surface area contributed by atoms with Crippen LogP contribution in [-0.2, 0) is 4.79 Å². The normalized spacial score (nSPS) is 35.5. The van der Waals surface area contributed by atoms with E-state index >= 15 is 0 Å². The first-order chi connectivity index (χ1) is 8.24. The first-order valence-electron chi connectivity index (χ1n) is 6.97. The molecule has 1 aliphatic heterocycles. The predicted octanol–water partition coefficient (Wildman–Crippen LogP) is 0.857. The molecule has 3 atom stereocenters. The average molecular weight is 239 g/mol. The molecule has 17 heavy (non-hydrogen) atoms. The Morgan fingerprint density at radius 3 is 2.59 bits per heavy atom. The summed E-state index contributed by atoms with van der Waals surface area (Å²) in [6, 6.07) is 0.739. The van der Waals surface area contributed by atoms with E-state index in [0.717, 1.165) is 32.2 Å². The van der Waals surface area contributed by atoms with E-state index in [9.17, 15) is 4.79 Å². The van der Waals surface area contributed by atoms with Gasteiger partial charge in [0.25, 0.3) is 0 Å². The van der Waals surface area contributed by atoms with Gasteiger partial charge in [-0.25, -0.2) is 0 Å². The molecule has 4 heteroatoms. The maximum Gasteiger partial charge on any atom is 0.237 e. The number of likely N-dealkylation sites (tertiary alicyclic amines) is 1. The molecule has 1 amide bonds. The van der Waals surface area contributed by atoms with Crippen LogP contribution in [0.25, 0.3) is 0 Å². The third-order valence-electron chi connectivity index (χ3n) is 4.30. The van der Waals surface area contributed by atoms with Crippen molar-refractivity contribution in [3.63, 3.8) is 0 Å². The Balaban J connectivity index is 2.06. The average Bonchev–Trinajstić information content (AvgIpc) is 2.38. The van der Waals surface area contributed by atoms with Crippen molar-refractivity contribution < 1.29 is 4.79 Å². The van der Waals surface area contributed by atoms with Gasteiger partial charge < -0.3 is 11.1 Å². The van der Waals surface area contributed by atoms with E-state index in [1.165, 1.54) is 19.3 Å². The molecule has 3 N–H and O–H groups in total. The molecular formula is C13H25N3O. The van der Waals surface area contributed by atoms with Gasteiger partial charge in [-0.2, -0.15) is 0 Å². The molecule has 4 nitrogen and oxygen atoms in total. The van der Waals surface area contributed by atoms with Gasteiger partial charge in [0.15, 0.2) is 0 Å². The Morgan fingerprint density at radius 2 is 1.88 bits per heavy atom. The molecule has 0 bridgehead atoms. The van der Waals surface area contributed by atoms with Crippen LogP contribution in [0.5, 0.6) is 0 Å². The number of nitrogens with one attached hydrogen (secondary N) is 1. The fourth-order valence-electron chi connectivity index (χ4n) is 3.35. The van der Waals surface area contributed by atoms with Crippen LogP contribution in [-0.4, -0.2) is 42.5 Å². The monoisotopic (exact) mass is 239 g/mol. The Morgan fingerprint density at radius 1 is 1.18 bits per heavy atom. The van der Waals surface area contributed by atoms with Gasteiger partial charge in [-0.05, 0) is 32.2 Å². The van der Waals surface area contributed by atoms with Crippen LogP contribution in [0.2, 0.25) is 0 Å². The third-order valence-corrected chi connectivity index (χ3v) is 4.30. The third kappa shape index (κ3) is 2.80. The molecule has 0 aromatic heterocycles. The maximum absolute atomic E-state index is 11.9. The van der Waals surface area contributed by atoms with Crippen molar-refractivity contribution in [1.29, 1.82) is 0 Å². The lowest BCUT2D eigenvalue weighted by Gasteiger charge is -2.44. The Hall–Kier alpha value is -0.610. The van der Waals surface area contributed by atoms with Crippen molar-refractivity contribution in [3.8, 4) is 0 Å². The van der Waals surface area contributed by atoms with E-state index in [2.05, 4.69) is 10.2 Å². The molecule has 0 spiro atoms. The molecular weight excluding hydrogens is 214 g/mol. The Kier molecular flexibility index (Phi) is 4.40. The molecule has 1 aliphatic carbocycles. The number of carbonyl (C=O) groups is 1. The highest BCUT2D eigenvalue weighted by atomic mass is 16.2. The second-order valence-corrected chi connectivity index (χ2v) is 5.38. The molecule has 2 rings (SSSR count). The van der Waals surface area contributed by atoms with Crippen LogP contribution in [0.4, 0.5) is 0 Å². The van der Waals surface area contributed by atoms with Gasteiger partial charge in [0.1, 0.15) is 0 Å². The largest absolute Gasteiger partial charge is 0.358 e. The molecule has 1 heterocycles. The topological polar surface area (TPSA) is 58.4 Å². The van der Waals surface area contributed by atoms with Crippen molar-refractivity contribution in [1.82, 2.24) is 10.2 Å². The summed E-state index contributed by atoms with van der Waals surface area (Å²) < 4.78 is 0. The molecule has 0 aromatic carbocycles. The standard InChI is InChI=1S/C13H25N3O/c1-15-13(17)12-8-4-5-9-16(12)11-7-3-2-6-10(11)14/h10-12H,2-9,14H2,1H3,(H,15,17). The Bertz CT molecular complexity index is 269. The van der Waals surface area contributed by atoms with E-state index in [4.69, 9.17) is 5.73 Å². The van der Waals surface area contributed by atoms with Gasteiger partial charge in [-0.15, -0.1) is 0 Å². The molecule has 3 unspecified atom stereocenters. The predicted molar refractivity (Wildman–Crippen MR) is 68.6 cm³/mol. The number of piperidine rings is 1. The minimum atomic E-state index is 0.0582. The summed E-state index contributed by atoms with van der Waals surface area (Å²) in [4.78, 5) is 14.3. The summed E-state index contributed by atoms with van der Waals surface area (Å²) in [6.45, 7) is 1.04. The van der Waals surface area contributed by atoms with Crippen LogP contribution in [0.3, 0.4) is 0 Å². The number of hydrogen-bond acceptors (Lipinski definition) is 3. The summed E-state index contributed by atoms with van der Waals surface area (Å²) in [6.07, 6.45) is 8.14. The van der Waals surface area contributed by atoms with E-state index in [1.807, 2.05) is 0 Å². The molecule has 1 saturated heterocycles. The SMILES string of the molecule is CNC(=O)C1CCCCN1C1CCCCC1N. The van der Waals surface area contributed by atoms with Gasteiger partial charge in [-0.3, -0.25) is 9.69 Å². The van der Waals surface area contributed by atoms with Crippen LogP contribution in [0.1, 0.15) is 44.9 Å². The minimum absolute atomic E-state index is 0.0582. The number of hydrogen-bond donors (Lipinski definition) is 2. The highest BCUT2D eigenvalue weighted by molar-refractivity contribution is 5.81. The molecule has 0 radical (unpaired) electrons. The quantitative estimate of drug-likeness (QED) is 0.751. The lowest BCUT2D eigenvalue weighted by molar-refractivity contribution is -0.128. The maximum atomic E-state index is 11.9. The first-order valence-corrected chi connectivity index (χ1v) is 6.97. The number of nitrogens with two attached hydrogens (primary N) is 1. The number of nitrogens with zero attached hydrogens (tertiary/aromatic N) is 1. The zero-order valence-corrected chi connectivity index (χ0v) is 10.8. The summed E-state index contributed by atoms with van der Waals surface area (Å²) in [7, 11) is 1.73. The van der Waals surface area contributed by atoms with Crippen molar-refractivity contribution in [2.75, 3.05) is 13.6 Å². The summed E-state index contributed by atoms with van der Waals surface area (Å²) in [5.41, 5.74) is 6.24. The van der Waals surface area contributed by atoms with E-state index in [-0.39, 0.29) is 18.0 Å². The smallest absolute Gasteiger partial charge is 0.237 e. The summed E-state index contributed by atoms with van der Waals surface area (Å²) in [5.74, 6) is 0.169. The number of carbonyl (C=O) groups excluding carboxylic acids is 1. The fourth-order valence-corrected chi connectivity index (χ4v) is 3.35. The first kappa shape index (κ1) is 12.8. The van der Waals surface area contributed by atoms with Crippen molar-refractivity contribution in [3.05, 3.63) is 0 Å². The van der Waals surface area contributed by atoms with Crippen molar-refractivity contribution in [2.45, 2.75) is 63.1 Å². The van der Waals surface area contributed by atoms with Gasteiger partial charge in [0, 0.05) is 19.1 Å². The highest BCUT2D eigenvalue weighted by Crippen LogP contribution is 2.28. The van der Waals surface area contributed by atoms with Crippen molar-refractivity contribution >= 4 is 5.91 Å². The van der Waals surface area contributed by atoms with Gasteiger partial charge in [0.05, 0.1) is 6.04 Å². The zero-order chi connectivity index (χ0) is 12.3. The fraction of sp³-hybridized carbons (Fsp3) is 0.923. The van der Waals surface area contributed by atoms with E-state index in [0.29, 0.717) is 6.04 Å². The Labute approximate surface area is 104 Å². The minimum Gasteiger partial charge on any atom is -0.358 e. The number of rotatable bonds is 2. The second-order valence-electron chi connectivity index (χ2n) is 5.38. The van der Waals surface area contributed by atoms with E-state index < -0.39 is 0 Å². The number of likely N-dealkylation sites (N-methyl/N-ethyl adjacent to an activating group) is 1. The molecule has 1 saturated carbocycles. The van der Waals surface area contributed by atoms with Crippen molar-refractivity contribution in [2.24, 2.45) is 5.73 Å². The van der Waals surface area contributed by atoms with E-state index in [1.54, 1.807) is 7.05 Å². The molecule has 2 fully saturated rings. The highest BCUT2D eigenvalue weighted by Gasteiger charge is 2.36. The van der Waals surface area contributed by atoms with Gasteiger partial charge in [0.2, 0.25) is 5.91 Å². The van der Waals surface area contributed by atoms with Gasteiger partial charge in [-0.1, -0.05) is 19.3 Å². The zero-order valence-electron chi connectivity index (χ0n) is 10.8. The lowest BCUT2D eigenvalue weighted by Crippen LogP contribution is -2.58. The van der Waals surface area contributed by atoms with Crippen LogP contribution in [0, 0.1) is 0 Å². The van der Waals surface area contributed by atoms with Crippen LogP contribution in [0.15, 0.2) is 0 Å². The van der Waals surface area contributed by atoms with Crippen LogP contribution >= 0.6 is 0 Å². The van der Waals surface area contributed by atoms with Gasteiger partial charge >= 0.3 is 0 Å². The molecule has 98 valence electrons. The number of amides is 1. The second kappa shape index (κ2) is 5.83.